The molecule has 1 unspecified atom stereocenters. The molecule has 6 heteroatoms. The number of aliphatic hydroxyl groups is 1. The number of likely N-dealkylation sites (tertiary alicyclic amines) is 1. The summed E-state index contributed by atoms with van der Waals surface area (Å²) in [6.45, 7) is 1.51. The monoisotopic (exact) mass is 288 g/mol. The van der Waals surface area contributed by atoms with E-state index in [2.05, 4.69) is 5.10 Å². The molecular formula is C15H20N4O2. The minimum Gasteiger partial charge on any atom is -0.396 e. The fraction of sp³-hybridized carbons (Fsp3) is 0.467. The molecule has 0 spiro atoms. The number of amides is 1. The third kappa shape index (κ3) is 2.58. The Hall–Kier alpha value is -2.08. The molecule has 1 fully saturated rings. The largest absolute Gasteiger partial charge is 0.396 e. The quantitative estimate of drug-likeness (QED) is 0.918. The third-order valence-corrected chi connectivity index (χ3v) is 4.05. The molecule has 0 radical (unpaired) electrons. The van der Waals surface area contributed by atoms with E-state index in [-0.39, 0.29) is 18.4 Å². The van der Waals surface area contributed by atoms with Crippen LogP contribution in [0, 0.1) is 5.92 Å². The first-order valence-corrected chi connectivity index (χ1v) is 7.26. The van der Waals surface area contributed by atoms with Crippen molar-refractivity contribution in [1.82, 2.24) is 19.2 Å². The fourth-order valence-corrected chi connectivity index (χ4v) is 2.93. The maximum Gasteiger partial charge on any atom is 0.259 e. The lowest BCUT2D eigenvalue weighted by Gasteiger charge is -2.31. The van der Waals surface area contributed by atoms with Gasteiger partial charge in [-0.3, -0.25) is 9.48 Å². The van der Waals surface area contributed by atoms with Crippen molar-refractivity contribution in [1.29, 1.82) is 0 Å². The topological polar surface area (TPSA) is 63.3 Å². The van der Waals surface area contributed by atoms with Gasteiger partial charge in [0.1, 0.15) is 11.4 Å². The van der Waals surface area contributed by atoms with Crippen molar-refractivity contribution in [2.24, 2.45) is 13.0 Å². The van der Waals surface area contributed by atoms with Gasteiger partial charge in [0.05, 0.1) is 6.20 Å². The Balaban J connectivity index is 1.89. The minimum atomic E-state index is -0.00931. The molecule has 0 bridgehead atoms. The normalized spacial score (nSPS) is 19.0. The average Bonchev–Trinajstić information content (AvgIpc) is 3.15. The molecule has 1 aliphatic heterocycles. The highest BCUT2D eigenvalue weighted by Gasteiger charge is 2.27. The first kappa shape index (κ1) is 13.9. The van der Waals surface area contributed by atoms with Crippen molar-refractivity contribution in [3.05, 3.63) is 36.3 Å². The molecule has 3 rings (SSSR count). The van der Waals surface area contributed by atoms with Gasteiger partial charge < -0.3 is 14.6 Å². The summed E-state index contributed by atoms with van der Waals surface area (Å²) >= 11 is 0. The Morgan fingerprint density at radius 3 is 2.90 bits per heavy atom. The van der Waals surface area contributed by atoms with Crippen LogP contribution in [0.4, 0.5) is 0 Å². The molecule has 0 aliphatic carbocycles. The van der Waals surface area contributed by atoms with Gasteiger partial charge in [-0.1, -0.05) is 0 Å². The summed E-state index contributed by atoms with van der Waals surface area (Å²) in [6, 6.07) is 3.84. The van der Waals surface area contributed by atoms with Crippen LogP contribution in [0.5, 0.6) is 0 Å². The van der Waals surface area contributed by atoms with Gasteiger partial charge in [-0.05, 0) is 30.9 Å². The van der Waals surface area contributed by atoms with E-state index in [1.807, 2.05) is 41.0 Å². The highest BCUT2D eigenvalue weighted by atomic mass is 16.3. The lowest BCUT2D eigenvalue weighted by molar-refractivity contribution is 0.0620. The maximum atomic E-state index is 12.8. The standard InChI is InChI=1S/C15H20N4O2/c1-17-14(18-6-2-3-7-18)13(9-16-17)15(21)19-8-4-5-12(10-19)11-20/h2-3,6-7,9,12,20H,4-5,8,10-11H2,1H3. The van der Waals surface area contributed by atoms with Gasteiger partial charge in [0.25, 0.3) is 5.91 Å². The van der Waals surface area contributed by atoms with Gasteiger partial charge in [0.15, 0.2) is 0 Å². The van der Waals surface area contributed by atoms with E-state index in [1.165, 1.54) is 0 Å². The van der Waals surface area contributed by atoms with Crippen LogP contribution in [-0.4, -0.2) is 50.0 Å². The Morgan fingerprint density at radius 2 is 2.19 bits per heavy atom. The second-order valence-electron chi connectivity index (χ2n) is 5.54. The molecule has 1 N–H and O–H groups in total. The van der Waals surface area contributed by atoms with Crippen molar-refractivity contribution in [2.75, 3.05) is 19.7 Å². The van der Waals surface area contributed by atoms with Crippen molar-refractivity contribution < 1.29 is 9.90 Å². The number of aliphatic hydroxyl groups excluding tert-OH is 1. The van der Waals surface area contributed by atoms with Crippen LogP contribution >= 0.6 is 0 Å². The van der Waals surface area contributed by atoms with Crippen LogP contribution < -0.4 is 0 Å². The molecule has 6 nitrogen and oxygen atoms in total. The Labute approximate surface area is 123 Å². The number of nitrogens with zero attached hydrogens (tertiary/aromatic N) is 4. The zero-order valence-corrected chi connectivity index (χ0v) is 12.1. The van der Waals surface area contributed by atoms with Crippen LogP contribution in [0.2, 0.25) is 0 Å². The van der Waals surface area contributed by atoms with Crippen molar-refractivity contribution in [2.45, 2.75) is 12.8 Å². The predicted molar refractivity (Wildman–Crippen MR) is 78.2 cm³/mol. The van der Waals surface area contributed by atoms with E-state index in [4.69, 9.17) is 0 Å². The summed E-state index contributed by atoms with van der Waals surface area (Å²) in [7, 11) is 1.83. The smallest absolute Gasteiger partial charge is 0.259 e. The van der Waals surface area contributed by atoms with E-state index in [9.17, 15) is 9.90 Å². The molecule has 21 heavy (non-hydrogen) atoms. The number of carbonyl (C=O) groups is 1. The highest BCUT2D eigenvalue weighted by molar-refractivity contribution is 5.97. The molecule has 112 valence electrons. The third-order valence-electron chi connectivity index (χ3n) is 4.05. The number of rotatable bonds is 3. The first-order valence-electron chi connectivity index (χ1n) is 7.26. The van der Waals surface area contributed by atoms with Crippen LogP contribution in [0.3, 0.4) is 0 Å². The van der Waals surface area contributed by atoms with E-state index >= 15 is 0 Å². The molecule has 0 saturated carbocycles. The fourth-order valence-electron chi connectivity index (χ4n) is 2.93. The van der Waals surface area contributed by atoms with Crippen LogP contribution in [0.25, 0.3) is 5.82 Å². The first-order chi connectivity index (χ1) is 10.2. The number of hydrogen-bond donors (Lipinski definition) is 1. The summed E-state index contributed by atoms with van der Waals surface area (Å²) in [6.07, 6.45) is 7.36. The zero-order chi connectivity index (χ0) is 14.8. The SMILES string of the molecule is Cn1ncc(C(=O)N2CCCC(CO)C2)c1-n1cccc1. The van der Waals surface area contributed by atoms with Crippen molar-refractivity contribution in [3.63, 3.8) is 0 Å². The average molecular weight is 288 g/mol. The molecule has 0 aromatic carbocycles. The number of aryl methyl sites for hydroxylation is 1. The van der Waals surface area contributed by atoms with Gasteiger partial charge in [-0.15, -0.1) is 0 Å². The van der Waals surface area contributed by atoms with Crippen molar-refractivity contribution in [3.8, 4) is 5.82 Å². The van der Waals surface area contributed by atoms with Gasteiger partial charge >= 0.3 is 0 Å². The number of carbonyl (C=O) groups excluding carboxylic acids is 1. The van der Waals surface area contributed by atoms with E-state index in [1.54, 1.807) is 10.9 Å². The molecule has 1 saturated heterocycles. The summed E-state index contributed by atoms with van der Waals surface area (Å²) in [5, 5.41) is 13.5. The second-order valence-corrected chi connectivity index (χ2v) is 5.54. The molecule has 2 aromatic rings. The Morgan fingerprint density at radius 1 is 1.43 bits per heavy atom. The predicted octanol–water partition coefficient (Wildman–Crippen LogP) is 1.06. The lowest BCUT2D eigenvalue weighted by Crippen LogP contribution is -2.41. The molecule has 1 amide bonds. The Bertz CT molecular complexity index is 618. The minimum absolute atomic E-state index is 0.00931. The molecule has 1 atom stereocenters. The van der Waals surface area contributed by atoms with Gasteiger partial charge in [-0.25, -0.2) is 0 Å². The van der Waals surface area contributed by atoms with E-state index < -0.39 is 0 Å². The second kappa shape index (κ2) is 5.73. The zero-order valence-electron chi connectivity index (χ0n) is 12.1. The van der Waals surface area contributed by atoms with Gasteiger partial charge in [0.2, 0.25) is 0 Å². The maximum absolute atomic E-state index is 12.8. The van der Waals surface area contributed by atoms with Crippen LogP contribution in [0.15, 0.2) is 30.7 Å². The molecular weight excluding hydrogens is 268 g/mol. The highest BCUT2D eigenvalue weighted by Crippen LogP contribution is 2.21. The van der Waals surface area contributed by atoms with Gasteiger partial charge in [0, 0.05) is 39.1 Å². The van der Waals surface area contributed by atoms with Gasteiger partial charge in [-0.2, -0.15) is 5.10 Å². The Kier molecular flexibility index (Phi) is 3.79. The molecule has 3 heterocycles. The lowest BCUT2D eigenvalue weighted by atomic mass is 9.98. The summed E-state index contributed by atoms with van der Waals surface area (Å²) in [5.41, 5.74) is 0.604. The number of aromatic nitrogens is 3. The van der Waals surface area contributed by atoms with E-state index in [0.717, 1.165) is 25.2 Å². The summed E-state index contributed by atoms with van der Waals surface area (Å²) in [5.74, 6) is 0.954. The molecule has 2 aromatic heterocycles. The number of piperidine rings is 1. The summed E-state index contributed by atoms with van der Waals surface area (Å²) < 4.78 is 3.61. The summed E-state index contributed by atoms with van der Waals surface area (Å²) in [4.78, 5) is 14.6. The molecule has 1 aliphatic rings. The van der Waals surface area contributed by atoms with E-state index in [0.29, 0.717) is 12.1 Å². The van der Waals surface area contributed by atoms with Crippen molar-refractivity contribution >= 4 is 5.91 Å². The number of hydrogen-bond acceptors (Lipinski definition) is 3. The van der Waals surface area contributed by atoms with Crippen LogP contribution in [0.1, 0.15) is 23.2 Å². The van der Waals surface area contributed by atoms with Crippen LogP contribution in [-0.2, 0) is 7.05 Å².